The second-order valence-electron chi connectivity index (χ2n) is 8.63. The summed E-state index contributed by atoms with van der Waals surface area (Å²) in [5.41, 5.74) is 0.707. The van der Waals surface area contributed by atoms with Gasteiger partial charge in [0, 0.05) is 38.2 Å². The van der Waals surface area contributed by atoms with Gasteiger partial charge in [-0.2, -0.15) is 9.97 Å². The normalized spacial score (nSPS) is 17.4. The van der Waals surface area contributed by atoms with Gasteiger partial charge in [0.25, 0.3) is 0 Å². The molecule has 0 bridgehead atoms. The van der Waals surface area contributed by atoms with E-state index in [0.717, 1.165) is 12.4 Å². The van der Waals surface area contributed by atoms with Crippen LogP contribution in [0.25, 0.3) is 17.1 Å². The first-order valence-electron chi connectivity index (χ1n) is 11.9. The van der Waals surface area contributed by atoms with E-state index in [1.54, 1.807) is 29.4 Å². The Morgan fingerprint density at radius 1 is 1.00 bits per heavy atom. The van der Waals surface area contributed by atoms with E-state index in [2.05, 4.69) is 39.8 Å². The molecule has 17 heteroatoms. The highest BCUT2D eigenvalue weighted by atomic mass is 32.2. The Morgan fingerprint density at radius 3 is 2.35 bits per heavy atom. The first-order valence-corrected chi connectivity index (χ1v) is 13.4. The van der Waals surface area contributed by atoms with Gasteiger partial charge in [0.05, 0.1) is 32.7 Å². The molecule has 4 aromatic heterocycles. The zero-order chi connectivity index (χ0) is 28.3. The zero-order valence-corrected chi connectivity index (χ0v) is 22.5. The number of methoxy groups -OCH3 is 3. The predicted molar refractivity (Wildman–Crippen MR) is 139 cm³/mol. The molecule has 5 rings (SSSR count). The van der Waals surface area contributed by atoms with Crippen LogP contribution in [0.3, 0.4) is 0 Å². The van der Waals surface area contributed by atoms with Gasteiger partial charge in [-0.05, 0) is 18.6 Å². The summed E-state index contributed by atoms with van der Waals surface area (Å²) in [5, 5.41) is 7.39. The Bertz CT molecular complexity index is 1550. The summed E-state index contributed by atoms with van der Waals surface area (Å²) in [7, 11) is 0.168. The maximum Gasteiger partial charge on any atom is 0.245 e. The van der Waals surface area contributed by atoms with Gasteiger partial charge in [0.2, 0.25) is 33.7 Å². The third-order valence-corrected chi connectivity index (χ3v) is 7.90. The lowest BCUT2D eigenvalue weighted by Gasteiger charge is -2.36. The molecule has 0 unspecified atom stereocenters. The lowest BCUT2D eigenvalue weighted by molar-refractivity contribution is 0.0898. The Labute approximate surface area is 228 Å². The fourth-order valence-electron chi connectivity index (χ4n) is 4.33. The highest BCUT2D eigenvalue weighted by Crippen LogP contribution is 2.35. The molecule has 0 radical (unpaired) electrons. The minimum atomic E-state index is -4.13. The number of hydrogen-bond donors (Lipinski definition) is 1. The van der Waals surface area contributed by atoms with Crippen molar-refractivity contribution in [1.82, 2.24) is 39.7 Å². The fraction of sp³-hybridized carbons (Fsp3) is 0.348. The van der Waals surface area contributed by atoms with E-state index in [0.29, 0.717) is 12.1 Å². The number of sulfonamides is 1. The number of anilines is 2. The predicted octanol–water partition coefficient (Wildman–Crippen LogP) is 1.10. The third-order valence-electron chi connectivity index (χ3n) is 6.22. The lowest BCUT2D eigenvalue weighted by Crippen LogP contribution is -2.51. The van der Waals surface area contributed by atoms with Gasteiger partial charge in [0.1, 0.15) is 11.6 Å². The molecule has 1 N–H and O–H groups in total. The second kappa shape index (κ2) is 11.3. The van der Waals surface area contributed by atoms with Crippen molar-refractivity contribution in [3.8, 4) is 28.8 Å². The molecular weight excluding hydrogens is 547 g/mol. The Kier molecular flexibility index (Phi) is 7.65. The van der Waals surface area contributed by atoms with Gasteiger partial charge in [0.15, 0.2) is 17.3 Å². The largest absolute Gasteiger partial charge is 0.479 e. The molecule has 0 saturated carbocycles. The Hall–Kier alpha value is -4.51. The van der Waals surface area contributed by atoms with Gasteiger partial charge in [-0.1, -0.05) is 0 Å². The molecule has 5 heterocycles. The van der Waals surface area contributed by atoms with Crippen LogP contribution in [-0.2, 0) is 14.8 Å². The van der Waals surface area contributed by atoms with Crippen molar-refractivity contribution in [2.45, 2.75) is 17.8 Å². The number of rotatable bonds is 9. The van der Waals surface area contributed by atoms with Crippen LogP contribution in [0.5, 0.6) is 11.8 Å². The number of nitrogens with one attached hydrogen (secondary N) is 1. The van der Waals surface area contributed by atoms with Gasteiger partial charge in [-0.25, -0.2) is 22.8 Å². The molecule has 40 heavy (non-hydrogen) atoms. The van der Waals surface area contributed by atoms with Crippen LogP contribution in [0.15, 0.2) is 43.2 Å². The minimum absolute atomic E-state index is 0.0194. The standard InChI is InChI=1S/C23H25FN10O5S/c1-37-16-7-17(12-33(11-16)22-26-9-15(24)10-27-22)40(35,36)32-23-31-30-19(14-5-4-6-25-8-14)34(23)18-20(38-2)28-13-29-21(18)39-3/h4-6,8-10,13,16-17H,7,11-12H2,1-3H3,(H,31,32)/t16-,17-/m1/s1. The van der Waals surface area contributed by atoms with E-state index in [-0.39, 0.29) is 48.1 Å². The molecule has 15 nitrogen and oxygen atoms in total. The van der Waals surface area contributed by atoms with Gasteiger partial charge in [-0.15, -0.1) is 10.2 Å². The third kappa shape index (κ3) is 5.32. The highest BCUT2D eigenvalue weighted by molar-refractivity contribution is 7.93. The van der Waals surface area contributed by atoms with Crippen LogP contribution in [0.1, 0.15) is 6.42 Å². The van der Waals surface area contributed by atoms with E-state index >= 15 is 0 Å². The number of halogens is 1. The van der Waals surface area contributed by atoms with Crippen molar-refractivity contribution in [2.24, 2.45) is 0 Å². The molecule has 2 atom stereocenters. The number of pyridine rings is 1. The summed E-state index contributed by atoms with van der Waals surface area (Å²) in [6.07, 6.45) is 6.14. The zero-order valence-electron chi connectivity index (χ0n) is 21.7. The van der Waals surface area contributed by atoms with Gasteiger partial charge in [-0.3, -0.25) is 14.3 Å². The maximum absolute atomic E-state index is 13.8. The van der Waals surface area contributed by atoms with E-state index in [9.17, 15) is 12.8 Å². The van der Waals surface area contributed by atoms with Crippen LogP contribution in [0.4, 0.5) is 16.3 Å². The summed E-state index contributed by atoms with van der Waals surface area (Å²) < 4.78 is 61.3. The summed E-state index contributed by atoms with van der Waals surface area (Å²) in [4.78, 5) is 22.0. The van der Waals surface area contributed by atoms with Crippen LogP contribution in [0.2, 0.25) is 0 Å². The minimum Gasteiger partial charge on any atom is -0.479 e. The van der Waals surface area contributed by atoms with Crippen molar-refractivity contribution in [2.75, 3.05) is 44.0 Å². The number of piperidine rings is 1. The van der Waals surface area contributed by atoms with Crippen molar-refractivity contribution >= 4 is 21.9 Å². The van der Waals surface area contributed by atoms with Crippen LogP contribution >= 0.6 is 0 Å². The molecule has 0 aromatic carbocycles. The molecule has 1 aliphatic rings. The smallest absolute Gasteiger partial charge is 0.245 e. The van der Waals surface area contributed by atoms with E-state index in [1.165, 1.54) is 32.2 Å². The van der Waals surface area contributed by atoms with E-state index in [4.69, 9.17) is 14.2 Å². The quantitative estimate of drug-likeness (QED) is 0.302. The summed E-state index contributed by atoms with van der Waals surface area (Å²) >= 11 is 0. The van der Waals surface area contributed by atoms with Crippen molar-refractivity contribution in [3.05, 3.63) is 49.1 Å². The van der Waals surface area contributed by atoms with E-state index in [1.807, 2.05) is 0 Å². The number of ether oxygens (including phenoxy) is 3. The molecule has 0 amide bonds. The molecule has 1 aliphatic heterocycles. The maximum atomic E-state index is 13.8. The Balaban J connectivity index is 1.56. The SMILES string of the molecule is COc1ncnc(OC)c1-n1c(NS(=O)(=O)[C@@H]2C[C@@H](OC)CN(c3ncc(F)cn3)C2)nnc1-c1cccnc1. The average molecular weight is 573 g/mol. The highest BCUT2D eigenvalue weighted by Gasteiger charge is 2.38. The average Bonchev–Trinajstić information content (AvgIpc) is 3.39. The monoisotopic (exact) mass is 572 g/mol. The van der Waals surface area contributed by atoms with Crippen LogP contribution < -0.4 is 19.1 Å². The number of aromatic nitrogens is 8. The number of hydrogen-bond acceptors (Lipinski definition) is 13. The molecular formula is C23H25FN10O5S. The molecule has 0 aliphatic carbocycles. The van der Waals surface area contributed by atoms with Gasteiger partial charge < -0.3 is 19.1 Å². The first-order chi connectivity index (χ1) is 19.3. The number of nitrogens with zero attached hydrogens (tertiary/aromatic N) is 9. The molecule has 0 spiro atoms. The summed E-state index contributed by atoms with van der Waals surface area (Å²) in [6, 6.07) is 3.44. The molecule has 1 saturated heterocycles. The topological polar surface area (TPSA) is 172 Å². The van der Waals surface area contributed by atoms with Crippen molar-refractivity contribution in [3.63, 3.8) is 0 Å². The second-order valence-corrected chi connectivity index (χ2v) is 10.6. The van der Waals surface area contributed by atoms with Gasteiger partial charge >= 0.3 is 0 Å². The van der Waals surface area contributed by atoms with Crippen molar-refractivity contribution < 1.29 is 27.0 Å². The molecule has 4 aromatic rings. The van der Waals surface area contributed by atoms with Crippen LogP contribution in [-0.4, -0.2) is 93.9 Å². The summed E-state index contributed by atoms with van der Waals surface area (Å²) in [5.74, 6) is -0.162. The summed E-state index contributed by atoms with van der Waals surface area (Å²) in [6.45, 7) is 0.344. The van der Waals surface area contributed by atoms with Crippen molar-refractivity contribution in [1.29, 1.82) is 0 Å². The molecule has 210 valence electrons. The molecule has 1 fully saturated rings. The van der Waals surface area contributed by atoms with E-state index < -0.39 is 27.2 Å². The first kappa shape index (κ1) is 27.1. The Morgan fingerprint density at radius 2 is 1.73 bits per heavy atom. The van der Waals surface area contributed by atoms with Crippen LogP contribution in [0, 0.1) is 5.82 Å². The lowest BCUT2D eigenvalue weighted by atomic mass is 10.1. The fourth-order valence-corrected chi connectivity index (χ4v) is 5.73.